The Balaban J connectivity index is 1.60. The smallest absolute Gasteiger partial charge is 0.137 e. The van der Waals surface area contributed by atoms with Gasteiger partial charge in [0.05, 0.1) is 17.8 Å². The van der Waals surface area contributed by atoms with Gasteiger partial charge in [0.1, 0.15) is 16.7 Å². The van der Waals surface area contributed by atoms with Crippen LogP contribution in [0.15, 0.2) is 79.3 Å². The van der Waals surface area contributed by atoms with Gasteiger partial charge in [-0.1, -0.05) is 41.6 Å². The number of nitrogens with zero attached hydrogens (tertiary/aromatic N) is 5. The SMILES string of the molecule is C[C@@H](c1ccccc1)n1nnc2cnc3ccc(-c4ccnc5[nH]ccc45)cc3c21. The summed E-state index contributed by atoms with van der Waals surface area (Å²) in [5, 5.41) is 11.0. The first kappa shape index (κ1) is 16.9. The molecule has 0 aliphatic heterocycles. The fourth-order valence-corrected chi connectivity index (χ4v) is 4.15. The maximum absolute atomic E-state index is 4.61. The quantitative estimate of drug-likeness (QED) is 0.455. The molecule has 30 heavy (non-hydrogen) atoms. The fraction of sp³-hybridized carbons (Fsp3) is 0.0833. The summed E-state index contributed by atoms with van der Waals surface area (Å²) >= 11 is 0. The van der Waals surface area contributed by atoms with Crippen LogP contribution in [0.5, 0.6) is 0 Å². The van der Waals surface area contributed by atoms with E-state index in [-0.39, 0.29) is 6.04 Å². The second kappa shape index (κ2) is 6.49. The summed E-state index contributed by atoms with van der Waals surface area (Å²) in [5.74, 6) is 0. The molecule has 1 N–H and O–H groups in total. The van der Waals surface area contributed by atoms with Gasteiger partial charge in [-0.25, -0.2) is 9.67 Å². The van der Waals surface area contributed by atoms with Crippen LogP contribution < -0.4 is 0 Å². The standard InChI is InChI=1S/C24H18N6/c1-15(16-5-3-2-4-6-16)30-23-20-13-17(7-8-21(20)27-14-22(23)28-29-30)18-9-11-25-24-19(18)10-12-26-24/h2-15H,1H3,(H,25,26)/t15-/m0/s1. The van der Waals surface area contributed by atoms with Gasteiger partial charge in [-0.3, -0.25) is 4.98 Å². The Kier molecular flexibility index (Phi) is 3.64. The topological polar surface area (TPSA) is 72.3 Å². The third-order valence-corrected chi connectivity index (χ3v) is 5.72. The van der Waals surface area contributed by atoms with Gasteiger partial charge in [-0.15, -0.1) is 5.10 Å². The Morgan fingerprint density at radius 3 is 2.70 bits per heavy atom. The molecule has 6 nitrogen and oxygen atoms in total. The zero-order valence-corrected chi connectivity index (χ0v) is 16.3. The van der Waals surface area contributed by atoms with E-state index in [1.54, 1.807) is 6.20 Å². The molecular weight excluding hydrogens is 372 g/mol. The molecule has 0 amide bonds. The number of pyridine rings is 2. The number of rotatable bonds is 3. The lowest BCUT2D eigenvalue weighted by Crippen LogP contribution is -2.08. The Labute approximate surface area is 172 Å². The lowest BCUT2D eigenvalue weighted by molar-refractivity contribution is 0.561. The molecule has 0 spiro atoms. The highest BCUT2D eigenvalue weighted by molar-refractivity contribution is 6.05. The number of hydrogen-bond donors (Lipinski definition) is 1. The highest BCUT2D eigenvalue weighted by Crippen LogP contribution is 2.32. The van der Waals surface area contributed by atoms with E-state index in [4.69, 9.17) is 0 Å². The van der Waals surface area contributed by atoms with Crippen molar-refractivity contribution in [2.75, 3.05) is 0 Å². The Morgan fingerprint density at radius 2 is 1.80 bits per heavy atom. The molecule has 0 saturated heterocycles. The molecule has 2 aromatic carbocycles. The van der Waals surface area contributed by atoms with Gasteiger partial charge < -0.3 is 4.98 Å². The van der Waals surface area contributed by atoms with E-state index < -0.39 is 0 Å². The third kappa shape index (κ3) is 2.50. The van der Waals surface area contributed by atoms with Crippen molar-refractivity contribution < 1.29 is 0 Å². The van der Waals surface area contributed by atoms with E-state index in [0.717, 1.165) is 44.1 Å². The summed E-state index contributed by atoms with van der Waals surface area (Å²) in [6.45, 7) is 2.14. The molecule has 0 aliphatic carbocycles. The van der Waals surface area contributed by atoms with Crippen LogP contribution in [0.2, 0.25) is 0 Å². The van der Waals surface area contributed by atoms with Gasteiger partial charge in [0.2, 0.25) is 0 Å². The molecule has 6 rings (SSSR count). The molecule has 0 saturated carbocycles. The Bertz CT molecular complexity index is 1510. The molecule has 0 radical (unpaired) electrons. The van der Waals surface area contributed by atoms with Crippen molar-refractivity contribution >= 4 is 33.0 Å². The van der Waals surface area contributed by atoms with Gasteiger partial charge in [-0.05, 0) is 47.9 Å². The van der Waals surface area contributed by atoms with Crippen LogP contribution in [0.25, 0.3) is 44.1 Å². The normalized spacial score (nSPS) is 12.7. The van der Waals surface area contributed by atoms with E-state index in [9.17, 15) is 0 Å². The number of nitrogens with one attached hydrogen (secondary N) is 1. The van der Waals surface area contributed by atoms with Crippen molar-refractivity contribution in [1.82, 2.24) is 29.9 Å². The number of hydrogen-bond acceptors (Lipinski definition) is 4. The maximum atomic E-state index is 4.61. The lowest BCUT2D eigenvalue weighted by Gasteiger charge is -2.14. The van der Waals surface area contributed by atoms with E-state index >= 15 is 0 Å². The first-order valence-corrected chi connectivity index (χ1v) is 9.91. The highest BCUT2D eigenvalue weighted by Gasteiger charge is 2.17. The van der Waals surface area contributed by atoms with E-state index in [1.165, 1.54) is 5.56 Å². The summed E-state index contributed by atoms with van der Waals surface area (Å²) in [6, 6.07) is 20.9. The van der Waals surface area contributed by atoms with Crippen molar-refractivity contribution in [1.29, 1.82) is 0 Å². The van der Waals surface area contributed by atoms with Crippen LogP contribution in [-0.2, 0) is 0 Å². The first-order chi connectivity index (χ1) is 14.8. The van der Waals surface area contributed by atoms with Crippen molar-refractivity contribution in [2.45, 2.75) is 13.0 Å². The third-order valence-electron chi connectivity index (χ3n) is 5.72. The van der Waals surface area contributed by atoms with Crippen LogP contribution in [0.1, 0.15) is 18.5 Å². The summed E-state index contributed by atoms with van der Waals surface area (Å²) in [4.78, 5) is 12.2. The summed E-state index contributed by atoms with van der Waals surface area (Å²) in [5.41, 5.74) is 7.04. The number of H-pyrrole nitrogens is 1. The monoisotopic (exact) mass is 390 g/mol. The summed E-state index contributed by atoms with van der Waals surface area (Å²) in [7, 11) is 0. The predicted molar refractivity (Wildman–Crippen MR) is 118 cm³/mol. The van der Waals surface area contributed by atoms with Crippen LogP contribution in [0.4, 0.5) is 0 Å². The molecule has 4 heterocycles. The molecule has 0 bridgehead atoms. The van der Waals surface area contributed by atoms with E-state index in [0.29, 0.717) is 0 Å². The minimum atomic E-state index is 0.0581. The van der Waals surface area contributed by atoms with Gasteiger partial charge >= 0.3 is 0 Å². The molecule has 1 atom stereocenters. The molecular formula is C24H18N6. The maximum Gasteiger partial charge on any atom is 0.137 e. The first-order valence-electron chi connectivity index (χ1n) is 9.91. The van der Waals surface area contributed by atoms with Crippen LogP contribution in [-0.4, -0.2) is 29.9 Å². The van der Waals surface area contributed by atoms with Gasteiger partial charge in [0, 0.05) is 23.2 Å². The molecule has 0 fully saturated rings. The van der Waals surface area contributed by atoms with Crippen LogP contribution in [0, 0.1) is 0 Å². The van der Waals surface area contributed by atoms with Crippen LogP contribution in [0.3, 0.4) is 0 Å². The van der Waals surface area contributed by atoms with Gasteiger partial charge in [0.25, 0.3) is 0 Å². The van der Waals surface area contributed by atoms with Crippen LogP contribution >= 0.6 is 0 Å². The Hall–Kier alpha value is -4.06. The molecule has 6 heteroatoms. The van der Waals surface area contributed by atoms with Gasteiger partial charge in [0.15, 0.2) is 0 Å². The molecule has 6 aromatic rings. The summed E-state index contributed by atoms with van der Waals surface area (Å²) < 4.78 is 2.00. The number of aromatic amines is 1. The lowest BCUT2D eigenvalue weighted by atomic mass is 10.0. The van der Waals surface area contributed by atoms with E-state index in [1.807, 2.05) is 41.3 Å². The van der Waals surface area contributed by atoms with Crippen molar-refractivity contribution in [2.24, 2.45) is 0 Å². The fourth-order valence-electron chi connectivity index (χ4n) is 4.15. The van der Waals surface area contributed by atoms with Crippen molar-refractivity contribution in [3.63, 3.8) is 0 Å². The molecule has 4 aromatic heterocycles. The predicted octanol–water partition coefficient (Wildman–Crippen LogP) is 5.13. The molecule has 0 aliphatic rings. The summed E-state index contributed by atoms with van der Waals surface area (Å²) in [6.07, 6.45) is 5.55. The van der Waals surface area contributed by atoms with Crippen molar-refractivity contribution in [3.8, 4) is 11.1 Å². The average molecular weight is 390 g/mol. The van der Waals surface area contributed by atoms with Crippen molar-refractivity contribution in [3.05, 3.63) is 84.8 Å². The second-order valence-electron chi connectivity index (χ2n) is 7.44. The van der Waals surface area contributed by atoms with E-state index in [2.05, 4.69) is 68.6 Å². The number of aromatic nitrogens is 6. The number of fused-ring (bicyclic) bond motifs is 4. The second-order valence-corrected chi connectivity index (χ2v) is 7.44. The highest BCUT2D eigenvalue weighted by atomic mass is 15.4. The largest absolute Gasteiger partial charge is 0.346 e. The Morgan fingerprint density at radius 1 is 0.900 bits per heavy atom. The minimum Gasteiger partial charge on any atom is -0.346 e. The minimum absolute atomic E-state index is 0.0581. The number of benzene rings is 2. The van der Waals surface area contributed by atoms with Gasteiger partial charge in [-0.2, -0.15) is 0 Å². The molecule has 144 valence electrons. The average Bonchev–Trinajstić information content (AvgIpc) is 3.46. The zero-order chi connectivity index (χ0) is 20.1. The molecule has 0 unspecified atom stereocenters. The zero-order valence-electron chi connectivity index (χ0n) is 16.3.